The second-order valence-corrected chi connectivity index (χ2v) is 11.1. The molecule has 4 heterocycles. The summed E-state index contributed by atoms with van der Waals surface area (Å²) in [6, 6.07) is 9.91. The third kappa shape index (κ3) is 9.53. The van der Waals surface area contributed by atoms with Crippen molar-refractivity contribution in [1.82, 2.24) is 0 Å². The van der Waals surface area contributed by atoms with Crippen molar-refractivity contribution in [2.75, 3.05) is 52.9 Å². The fourth-order valence-electron chi connectivity index (χ4n) is 5.66. The molecule has 1 aromatic rings. The molecule has 0 spiro atoms. The van der Waals surface area contributed by atoms with E-state index in [1.807, 2.05) is 30.3 Å². The van der Waals surface area contributed by atoms with E-state index in [9.17, 15) is 0 Å². The van der Waals surface area contributed by atoms with E-state index < -0.39 is 30.9 Å². The van der Waals surface area contributed by atoms with Gasteiger partial charge in [-0.25, -0.2) is 0 Å². The minimum absolute atomic E-state index is 0.120. The summed E-state index contributed by atoms with van der Waals surface area (Å²) in [4.78, 5) is 0. The van der Waals surface area contributed by atoms with Crippen LogP contribution in [0.4, 0.5) is 0 Å². The van der Waals surface area contributed by atoms with Crippen LogP contribution in [0.5, 0.6) is 0 Å². The summed E-state index contributed by atoms with van der Waals surface area (Å²) in [5, 5.41) is 0. The molecule has 4 saturated heterocycles. The van der Waals surface area contributed by atoms with Gasteiger partial charge in [0.25, 0.3) is 0 Å². The third-order valence-electron chi connectivity index (χ3n) is 7.82. The quantitative estimate of drug-likeness (QED) is 0.199. The van der Waals surface area contributed by atoms with Gasteiger partial charge in [-0.15, -0.1) is 6.58 Å². The lowest BCUT2D eigenvalue weighted by molar-refractivity contribution is -0.369. The van der Waals surface area contributed by atoms with Crippen LogP contribution in [0.3, 0.4) is 0 Å². The van der Waals surface area contributed by atoms with Crippen LogP contribution in [0.15, 0.2) is 43.0 Å². The Balaban J connectivity index is 1.21. The van der Waals surface area contributed by atoms with E-state index in [-0.39, 0.29) is 18.7 Å². The van der Waals surface area contributed by atoms with Crippen molar-refractivity contribution in [3.63, 3.8) is 0 Å². The Bertz CT molecular complexity index is 875. The molecule has 0 aromatic heterocycles. The molecule has 3 unspecified atom stereocenters. The van der Waals surface area contributed by atoms with Crippen molar-refractivity contribution in [1.29, 1.82) is 0 Å². The summed E-state index contributed by atoms with van der Waals surface area (Å²) < 4.78 is 61.2. The van der Waals surface area contributed by atoms with Gasteiger partial charge in [-0.3, -0.25) is 0 Å². The van der Waals surface area contributed by atoms with Crippen LogP contribution in [-0.2, 0) is 47.4 Å². The first-order valence-electron chi connectivity index (χ1n) is 15.7. The van der Waals surface area contributed by atoms with E-state index in [0.717, 1.165) is 57.3 Å². The average molecular weight is 593 g/mol. The van der Waals surface area contributed by atoms with E-state index in [2.05, 4.69) is 6.58 Å². The van der Waals surface area contributed by atoms with Crippen LogP contribution in [0.25, 0.3) is 0 Å². The number of benzene rings is 1. The van der Waals surface area contributed by atoms with Gasteiger partial charge in [0.2, 0.25) is 0 Å². The van der Waals surface area contributed by atoms with Crippen molar-refractivity contribution >= 4 is 0 Å². The van der Waals surface area contributed by atoms with Gasteiger partial charge in [-0.1, -0.05) is 36.4 Å². The number of hydrogen-bond donors (Lipinski definition) is 0. The minimum Gasteiger partial charge on any atom is -0.372 e. The molecule has 4 aliphatic heterocycles. The second kappa shape index (κ2) is 17.8. The molecule has 1 aromatic carbocycles. The maximum absolute atomic E-state index is 6.54. The van der Waals surface area contributed by atoms with E-state index in [4.69, 9.17) is 47.4 Å². The van der Waals surface area contributed by atoms with Gasteiger partial charge >= 0.3 is 0 Å². The molecule has 0 radical (unpaired) electrons. The van der Waals surface area contributed by atoms with Crippen LogP contribution >= 0.6 is 0 Å². The molecule has 8 atom stereocenters. The number of rotatable bonds is 16. The summed E-state index contributed by atoms with van der Waals surface area (Å²) in [6.07, 6.45) is 6.29. The molecule has 0 saturated carbocycles. The monoisotopic (exact) mass is 592 g/mol. The SMILES string of the molecule is C=CCO[C@@H]1O[C@@H]2COC(c3ccccc3)O[C@H]2[C@H](OCCCOC2CCCCO2)[C@H]1OCCCOC1CCCCO1. The van der Waals surface area contributed by atoms with Gasteiger partial charge in [0.1, 0.15) is 24.4 Å². The molecule has 0 amide bonds. The topological polar surface area (TPSA) is 92.3 Å². The first kappa shape index (κ1) is 32.0. The zero-order valence-electron chi connectivity index (χ0n) is 24.7. The van der Waals surface area contributed by atoms with Gasteiger partial charge in [-0.2, -0.15) is 0 Å². The normalized spacial score (nSPS) is 33.6. The molecule has 42 heavy (non-hydrogen) atoms. The minimum atomic E-state index is -0.663. The summed E-state index contributed by atoms with van der Waals surface area (Å²) in [6.45, 7) is 8.02. The predicted molar refractivity (Wildman–Crippen MR) is 153 cm³/mol. The highest BCUT2D eigenvalue weighted by atomic mass is 16.8. The Kier molecular flexibility index (Phi) is 13.5. The van der Waals surface area contributed by atoms with Crippen LogP contribution in [0.2, 0.25) is 0 Å². The second-order valence-electron chi connectivity index (χ2n) is 11.1. The molecule has 0 bridgehead atoms. The average Bonchev–Trinajstić information content (AvgIpc) is 3.05. The molecule has 5 rings (SSSR count). The Labute approximate surface area is 249 Å². The van der Waals surface area contributed by atoms with Gasteiger partial charge in [0, 0.05) is 32.0 Å². The lowest BCUT2D eigenvalue weighted by atomic mass is 9.97. The van der Waals surface area contributed by atoms with E-state index in [1.54, 1.807) is 6.08 Å². The largest absolute Gasteiger partial charge is 0.372 e. The van der Waals surface area contributed by atoms with Crippen molar-refractivity contribution in [3.8, 4) is 0 Å². The molecular formula is C32H48O10. The summed E-state index contributed by atoms with van der Waals surface area (Å²) >= 11 is 0. The fourth-order valence-corrected chi connectivity index (χ4v) is 5.66. The first-order valence-corrected chi connectivity index (χ1v) is 15.7. The summed E-state index contributed by atoms with van der Waals surface area (Å²) in [7, 11) is 0. The van der Waals surface area contributed by atoms with Crippen LogP contribution in [0, 0.1) is 0 Å². The lowest BCUT2D eigenvalue weighted by Gasteiger charge is -2.49. The molecule has 4 fully saturated rings. The third-order valence-corrected chi connectivity index (χ3v) is 7.82. The zero-order valence-corrected chi connectivity index (χ0v) is 24.7. The molecule has 0 N–H and O–H groups in total. The molecule has 4 aliphatic rings. The van der Waals surface area contributed by atoms with Crippen LogP contribution < -0.4 is 0 Å². The van der Waals surface area contributed by atoms with E-state index in [1.165, 1.54) is 0 Å². The van der Waals surface area contributed by atoms with Crippen molar-refractivity contribution in [3.05, 3.63) is 48.6 Å². The van der Waals surface area contributed by atoms with Crippen molar-refractivity contribution < 1.29 is 47.4 Å². The molecule has 10 heteroatoms. The van der Waals surface area contributed by atoms with E-state index >= 15 is 0 Å². The first-order chi connectivity index (χ1) is 20.8. The number of hydrogen-bond acceptors (Lipinski definition) is 10. The Hall–Kier alpha value is -1.44. The highest BCUT2D eigenvalue weighted by Crippen LogP contribution is 2.37. The molecule has 0 aliphatic carbocycles. The maximum atomic E-state index is 6.54. The standard InChI is InChI=1S/C32H48O10/c1-2-16-39-32-30(38-22-11-20-36-27-15-7-9-18-34-27)29(37-21-10-19-35-26-14-6-8-17-33-26)28-25(41-32)23-40-31(42-28)24-12-4-3-5-13-24/h2-5,12-13,25-32H,1,6-11,14-23H2/t25-,26?,27?,28-,29+,30-,31?,32-/m1/s1. The molecule has 236 valence electrons. The van der Waals surface area contributed by atoms with Gasteiger partial charge in [0.05, 0.1) is 26.4 Å². The van der Waals surface area contributed by atoms with Gasteiger partial charge < -0.3 is 47.4 Å². The van der Waals surface area contributed by atoms with Gasteiger partial charge in [-0.05, 0) is 51.4 Å². The number of ether oxygens (including phenoxy) is 10. The smallest absolute Gasteiger partial charge is 0.187 e. The Morgan fingerprint density at radius 3 is 1.98 bits per heavy atom. The van der Waals surface area contributed by atoms with Gasteiger partial charge in [0.15, 0.2) is 25.2 Å². The zero-order chi connectivity index (χ0) is 28.8. The summed E-state index contributed by atoms with van der Waals surface area (Å²) in [5.74, 6) is 0. The summed E-state index contributed by atoms with van der Waals surface area (Å²) in [5.41, 5.74) is 0.945. The molecule has 10 nitrogen and oxygen atoms in total. The fraction of sp³-hybridized carbons (Fsp3) is 0.750. The maximum Gasteiger partial charge on any atom is 0.187 e. The predicted octanol–water partition coefficient (Wildman–Crippen LogP) is 4.67. The molecular weight excluding hydrogens is 544 g/mol. The van der Waals surface area contributed by atoms with E-state index in [0.29, 0.717) is 52.5 Å². The highest BCUT2D eigenvalue weighted by Gasteiger charge is 2.51. The number of fused-ring (bicyclic) bond motifs is 1. The van der Waals surface area contributed by atoms with Crippen molar-refractivity contribution in [2.24, 2.45) is 0 Å². The highest BCUT2D eigenvalue weighted by molar-refractivity contribution is 5.16. The Morgan fingerprint density at radius 1 is 0.714 bits per heavy atom. The van der Waals surface area contributed by atoms with Crippen LogP contribution in [-0.4, -0.2) is 96.1 Å². The lowest BCUT2D eigenvalue weighted by Crippen LogP contribution is -2.63. The van der Waals surface area contributed by atoms with Crippen LogP contribution in [0.1, 0.15) is 63.2 Å². The van der Waals surface area contributed by atoms with Crippen molar-refractivity contribution in [2.45, 2.75) is 101 Å². The Morgan fingerprint density at radius 2 is 1.36 bits per heavy atom.